The third-order valence-electron chi connectivity index (χ3n) is 1.37. The predicted octanol–water partition coefficient (Wildman–Crippen LogP) is -0.559. The van der Waals surface area contributed by atoms with Gasteiger partial charge in [0.05, 0.1) is 0 Å². The average molecular weight is 196 g/mol. The van der Waals surface area contributed by atoms with Gasteiger partial charge in [0, 0.05) is 19.8 Å². The third kappa shape index (κ3) is 4.76. The Hall–Kier alpha value is -1.17. The van der Waals surface area contributed by atoms with E-state index in [1.807, 2.05) is 0 Å². The number of carbonyl (C=O) groups is 1. The Kier molecular flexibility index (Phi) is 6.65. The highest BCUT2D eigenvalue weighted by molar-refractivity contribution is 6.58. The van der Waals surface area contributed by atoms with Gasteiger partial charge in [-0.3, -0.25) is 4.79 Å². The first-order valence-electron chi connectivity index (χ1n) is 3.97. The number of benzene rings is 1. The smallest absolute Gasteiger partial charge is 0.423 e. The van der Waals surface area contributed by atoms with E-state index in [2.05, 4.69) is 4.74 Å². The molecule has 2 N–H and O–H groups in total. The molecule has 1 aromatic rings. The van der Waals surface area contributed by atoms with Crippen LogP contribution in [0.25, 0.3) is 0 Å². The molecule has 0 atom stereocenters. The summed E-state index contributed by atoms with van der Waals surface area (Å²) in [5, 5.41) is 17.3. The third-order valence-corrected chi connectivity index (χ3v) is 1.37. The first kappa shape index (κ1) is 12.8. The maximum absolute atomic E-state index is 10.2. The molecule has 5 heteroatoms. The minimum atomic E-state index is -1.46. The number of carbonyl (C=O) groups excluding carboxylic acids is 1. The summed E-state index contributed by atoms with van der Waals surface area (Å²) in [4.78, 5) is 10.2. The molecule has 0 spiro atoms. The van der Waals surface area contributed by atoms with Crippen LogP contribution in [0.2, 0.25) is 0 Å². The minimum Gasteiger partial charge on any atom is -0.423 e. The molecule has 0 aliphatic carbocycles. The molecule has 4 nitrogen and oxygen atoms in total. The molecule has 14 heavy (non-hydrogen) atoms. The normalized spacial score (nSPS) is 8.57. The van der Waals surface area contributed by atoms with Crippen LogP contribution in [0.4, 0.5) is 0 Å². The molecular formula is C9H13BO4. The van der Waals surface area contributed by atoms with Crippen LogP contribution in [0.15, 0.2) is 24.3 Å². The van der Waals surface area contributed by atoms with Gasteiger partial charge in [0.15, 0.2) is 0 Å². The fourth-order valence-corrected chi connectivity index (χ4v) is 0.747. The van der Waals surface area contributed by atoms with Crippen LogP contribution in [-0.4, -0.2) is 37.7 Å². The van der Waals surface area contributed by atoms with E-state index in [-0.39, 0.29) is 0 Å². The van der Waals surface area contributed by atoms with Crippen molar-refractivity contribution in [1.29, 1.82) is 0 Å². The van der Waals surface area contributed by atoms with Crippen molar-refractivity contribution in [1.82, 2.24) is 0 Å². The highest BCUT2D eigenvalue weighted by atomic mass is 16.4. The second-order valence-corrected chi connectivity index (χ2v) is 2.57. The number of hydrogen-bond acceptors (Lipinski definition) is 4. The fourth-order valence-electron chi connectivity index (χ4n) is 0.747. The molecule has 0 aliphatic heterocycles. The highest BCUT2D eigenvalue weighted by Crippen LogP contribution is 1.91. The van der Waals surface area contributed by atoms with Crippen LogP contribution in [-0.2, 0) is 4.74 Å². The van der Waals surface area contributed by atoms with Crippen molar-refractivity contribution >= 4 is 18.9 Å². The summed E-state index contributed by atoms with van der Waals surface area (Å²) in [5.41, 5.74) is 0.907. The van der Waals surface area contributed by atoms with E-state index in [1.54, 1.807) is 14.2 Å². The molecule has 1 aromatic carbocycles. The zero-order chi connectivity index (χ0) is 11.0. The molecule has 0 saturated heterocycles. The zero-order valence-electron chi connectivity index (χ0n) is 8.18. The molecule has 1 rings (SSSR count). The Labute approximate surface area is 83.3 Å². The Balaban J connectivity index is 0.000000500. The molecule has 0 bridgehead atoms. The molecule has 0 amide bonds. The molecule has 0 saturated carbocycles. The lowest BCUT2D eigenvalue weighted by Crippen LogP contribution is -2.29. The molecular weight excluding hydrogens is 183 g/mol. The van der Waals surface area contributed by atoms with E-state index in [4.69, 9.17) is 10.0 Å². The van der Waals surface area contributed by atoms with Gasteiger partial charge in [-0.15, -0.1) is 0 Å². The Morgan fingerprint density at radius 3 is 1.93 bits per heavy atom. The second-order valence-electron chi connectivity index (χ2n) is 2.57. The van der Waals surface area contributed by atoms with E-state index in [9.17, 15) is 4.79 Å². The van der Waals surface area contributed by atoms with Crippen molar-refractivity contribution in [2.45, 2.75) is 0 Å². The Morgan fingerprint density at radius 1 is 1.21 bits per heavy atom. The summed E-state index contributed by atoms with van der Waals surface area (Å²) in [6.45, 7) is 0. The lowest BCUT2D eigenvalue weighted by molar-refractivity contribution is 0.112. The predicted molar refractivity (Wildman–Crippen MR) is 54.6 cm³/mol. The Bertz CT molecular complexity index is 258. The number of aldehydes is 1. The van der Waals surface area contributed by atoms with Crippen molar-refractivity contribution in [2.75, 3.05) is 14.2 Å². The topological polar surface area (TPSA) is 66.8 Å². The van der Waals surface area contributed by atoms with Gasteiger partial charge in [-0.2, -0.15) is 0 Å². The van der Waals surface area contributed by atoms with Crippen molar-refractivity contribution in [3.8, 4) is 0 Å². The molecule has 0 aliphatic rings. The summed E-state index contributed by atoms with van der Waals surface area (Å²) in [6, 6.07) is 6.05. The van der Waals surface area contributed by atoms with E-state index in [0.717, 1.165) is 0 Å². The van der Waals surface area contributed by atoms with Crippen molar-refractivity contribution in [2.24, 2.45) is 0 Å². The van der Waals surface area contributed by atoms with Gasteiger partial charge in [-0.1, -0.05) is 24.3 Å². The van der Waals surface area contributed by atoms with Crippen LogP contribution in [0.5, 0.6) is 0 Å². The first-order chi connectivity index (χ1) is 6.65. The van der Waals surface area contributed by atoms with Crippen LogP contribution < -0.4 is 5.46 Å². The van der Waals surface area contributed by atoms with Crippen LogP contribution in [0, 0.1) is 0 Å². The van der Waals surface area contributed by atoms with E-state index in [1.165, 1.54) is 24.3 Å². The molecule has 0 radical (unpaired) electrons. The molecule has 0 heterocycles. The van der Waals surface area contributed by atoms with Crippen molar-refractivity contribution < 1.29 is 19.6 Å². The van der Waals surface area contributed by atoms with Gasteiger partial charge in [0.25, 0.3) is 0 Å². The SMILES string of the molecule is COC.O=Cc1ccc(B(O)O)cc1. The zero-order valence-corrected chi connectivity index (χ0v) is 8.18. The number of methoxy groups -OCH3 is 1. The maximum Gasteiger partial charge on any atom is 0.488 e. The summed E-state index contributed by atoms with van der Waals surface area (Å²) in [6.07, 6.45) is 0.702. The summed E-state index contributed by atoms with van der Waals surface area (Å²) >= 11 is 0. The lowest BCUT2D eigenvalue weighted by atomic mass is 9.80. The average Bonchev–Trinajstić information content (AvgIpc) is 2.19. The summed E-state index contributed by atoms with van der Waals surface area (Å²) < 4.78 is 4.25. The highest BCUT2D eigenvalue weighted by Gasteiger charge is 2.08. The van der Waals surface area contributed by atoms with Crippen molar-refractivity contribution in [3.05, 3.63) is 29.8 Å². The largest absolute Gasteiger partial charge is 0.488 e. The van der Waals surface area contributed by atoms with E-state index in [0.29, 0.717) is 17.3 Å². The first-order valence-corrected chi connectivity index (χ1v) is 3.97. The van der Waals surface area contributed by atoms with Gasteiger partial charge >= 0.3 is 7.12 Å². The molecule has 0 aromatic heterocycles. The number of ether oxygens (including phenoxy) is 1. The minimum absolute atomic E-state index is 0.385. The maximum atomic E-state index is 10.2. The van der Waals surface area contributed by atoms with Crippen LogP contribution >= 0.6 is 0 Å². The van der Waals surface area contributed by atoms with Gasteiger partial charge in [0.2, 0.25) is 0 Å². The van der Waals surface area contributed by atoms with Gasteiger partial charge in [0.1, 0.15) is 6.29 Å². The van der Waals surface area contributed by atoms with E-state index < -0.39 is 7.12 Å². The van der Waals surface area contributed by atoms with Gasteiger partial charge in [-0.05, 0) is 5.46 Å². The quantitative estimate of drug-likeness (QED) is 0.491. The second kappa shape index (κ2) is 7.26. The number of hydrogen-bond donors (Lipinski definition) is 2. The molecule has 0 unspecified atom stereocenters. The standard InChI is InChI=1S/C7H7BO3.C2H6O/c9-5-6-1-3-7(4-2-6)8(10)11;1-3-2/h1-5,10-11H;1-2H3. The van der Waals surface area contributed by atoms with Gasteiger partial charge < -0.3 is 14.8 Å². The number of rotatable bonds is 2. The lowest BCUT2D eigenvalue weighted by Gasteiger charge is -1.97. The Morgan fingerprint density at radius 2 is 1.64 bits per heavy atom. The molecule has 0 fully saturated rings. The summed E-state index contributed by atoms with van der Waals surface area (Å²) in [5.74, 6) is 0. The fraction of sp³-hybridized carbons (Fsp3) is 0.222. The molecule has 76 valence electrons. The van der Waals surface area contributed by atoms with Crippen LogP contribution in [0.3, 0.4) is 0 Å². The summed E-state index contributed by atoms with van der Waals surface area (Å²) in [7, 11) is 1.79. The van der Waals surface area contributed by atoms with E-state index >= 15 is 0 Å². The van der Waals surface area contributed by atoms with Crippen molar-refractivity contribution in [3.63, 3.8) is 0 Å². The van der Waals surface area contributed by atoms with Gasteiger partial charge in [-0.25, -0.2) is 0 Å². The monoisotopic (exact) mass is 196 g/mol. The van der Waals surface area contributed by atoms with Crippen LogP contribution in [0.1, 0.15) is 10.4 Å².